The number of halogens is 4. The van der Waals surface area contributed by atoms with E-state index in [2.05, 4.69) is 15.4 Å². The monoisotopic (exact) mass is 477 g/mol. The quantitative estimate of drug-likeness (QED) is 0.574. The predicted molar refractivity (Wildman–Crippen MR) is 115 cm³/mol. The number of hydrogen-bond donors (Lipinski definition) is 2. The second kappa shape index (κ2) is 8.86. The Morgan fingerprint density at radius 1 is 1.15 bits per heavy atom. The maximum atomic E-state index is 13.4. The highest BCUT2D eigenvalue weighted by molar-refractivity contribution is 6.31. The van der Waals surface area contributed by atoms with Crippen molar-refractivity contribution >= 4 is 29.1 Å². The second-order valence-electron chi connectivity index (χ2n) is 7.68. The van der Waals surface area contributed by atoms with Gasteiger partial charge in [-0.1, -0.05) is 11.6 Å². The maximum Gasteiger partial charge on any atom is 0.435 e. The number of primary amides is 1. The van der Waals surface area contributed by atoms with Crippen molar-refractivity contribution in [3.8, 4) is 0 Å². The van der Waals surface area contributed by atoms with Gasteiger partial charge in [0, 0.05) is 28.0 Å². The van der Waals surface area contributed by atoms with E-state index >= 15 is 0 Å². The van der Waals surface area contributed by atoms with Gasteiger partial charge < -0.3 is 11.1 Å². The van der Waals surface area contributed by atoms with Gasteiger partial charge in [0.1, 0.15) is 0 Å². The smallest absolute Gasteiger partial charge is 0.366 e. The molecule has 0 fully saturated rings. The van der Waals surface area contributed by atoms with Crippen molar-refractivity contribution in [2.24, 2.45) is 5.73 Å². The van der Waals surface area contributed by atoms with Crippen LogP contribution in [0.1, 0.15) is 56.2 Å². The van der Waals surface area contributed by atoms with E-state index in [4.69, 9.17) is 17.3 Å². The number of rotatable bonds is 5. The standard InChI is InChI=1S/C22H19ClF3N5O2/c23-13-5-6-17(16(10-13)20(27)32)29-21(33)12-7-8-28-14(9-12)11-31-18-4-2-1-3-15(18)19(30-31)22(24,25)26/h5-10H,1-4,11H2,(H2,27,32)(H,29,33). The lowest BCUT2D eigenvalue weighted by Crippen LogP contribution is -2.19. The molecule has 11 heteroatoms. The lowest BCUT2D eigenvalue weighted by molar-refractivity contribution is -0.142. The number of carbonyl (C=O) groups is 2. The summed E-state index contributed by atoms with van der Waals surface area (Å²) in [7, 11) is 0. The number of benzene rings is 1. The predicted octanol–water partition coefficient (Wildman–Crippen LogP) is 4.23. The molecule has 0 spiro atoms. The van der Waals surface area contributed by atoms with Crippen LogP contribution in [0, 0.1) is 0 Å². The molecule has 2 aromatic heterocycles. The minimum Gasteiger partial charge on any atom is -0.366 e. The third-order valence-corrected chi connectivity index (χ3v) is 5.65. The highest BCUT2D eigenvalue weighted by Crippen LogP contribution is 2.36. The van der Waals surface area contributed by atoms with Gasteiger partial charge in [-0.15, -0.1) is 0 Å². The molecule has 3 N–H and O–H groups in total. The molecule has 0 aliphatic heterocycles. The molecule has 2 amide bonds. The summed E-state index contributed by atoms with van der Waals surface area (Å²) in [6.45, 7) is -0.00693. The largest absolute Gasteiger partial charge is 0.435 e. The van der Waals surface area contributed by atoms with Crippen LogP contribution in [0.4, 0.5) is 18.9 Å². The lowest BCUT2D eigenvalue weighted by atomic mass is 9.95. The van der Waals surface area contributed by atoms with Gasteiger partial charge in [0.15, 0.2) is 5.69 Å². The molecule has 0 saturated heterocycles. The van der Waals surface area contributed by atoms with Gasteiger partial charge in [-0.3, -0.25) is 19.3 Å². The average molecular weight is 478 g/mol. The van der Waals surface area contributed by atoms with Crippen LogP contribution in [0.2, 0.25) is 5.02 Å². The lowest BCUT2D eigenvalue weighted by Gasteiger charge is -2.15. The van der Waals surface area contributed by atoms with Crippen LogP contribution in [-0.4, -0.2) is 26.6 Å². The van der Waals surface area contributed by atoms with Gasteiger partial charge in [0.2, 0.25) is 0 Å². The zero-order valence-electron chi connectivity index (χ0n) is 17.2. The highest BCUT2D eigenvalue weighted by atomic mass is 35.5. The Bertz CT molecular complexity index is 1240. The molecule has 1 aliphatic carbocycles. The summed E-state index contributed by atoms with van der Waals surface area (Å²) in [5.74, 6) is -1.30. The Balaban J connectivity index is 1.59. The van der Waals surface area contributed by atoms with E-state index in [1.165, 1.54) is 41.2 Å². The Hall–Kier alpha value is -3.40. The fourth-order valence-electron chi connectivity index (χ4n) is 3.91. The van der Waals surface area contributed by atoms with Crippen molar-refractivity contribution in [3.63, 3.8) is 0 Å². The first-order valence-electron chi connectivity index (χ1n) is 10.1. The number of carbonyl (C=O) groups excluding carboxylic acids is 2. The zero-order valence-corrected chi connectivity index (χ0v) is 18.0. The number of anilines is 1. The summed E-state index contributed by atoms with van der Waals surface area (Å²) in [4.78, 5) is 28.6. The molecule has 172 valence electrons. The molecule has 0 unspecified atom stereocenters. The Labute approximate surface area is 191 Å². The van der Waals surface area contributed by atoms with E-state index < -0.39 is 23.7 Å². The highest BCUT2D eigenvalue weighted by Gasteiger charge is 2.39. The van der Waals surface area contributed by atoms with Gasteiger partial charge in [-0.2, -0.15) is 18.3 Å². The molecule has 1 aliphatic rings. The first-order valence-corrected chi connectivity index (χ1v) is 10.5. The number of alkyl halides is 3. The van der Waals surface area contributed by atoms with Crippen molar-refractivity contribution in [2.45, 2.75) is 38.4 Å². The van der Waals surface area contributed by atoms with E-state index in [-0.39, 0.29) is 33.9 Å². The number of aromatic nitrogens is 3. The SMILES string of the molecule is NC(=O)c1cc(Cl)ccc1NC(=O)c1ccnc(Cn2nc(C(F)(F)F)c3c2CCCC3)c1. The van der Waals surface area contributed by atoms with Gasteiger partial charge in [0.25, 0.3) is 11.8 Å². The fourth-order valence-corrected chi connectivity index (χ4v) is 4.08. The van der Waals surface area contributed by atoms with Crippen molar-refractivity contribution < 1.29 is 22.8 Å². The van der Waals surface area contributed by atoms with E-state index in [9.17, 15) is 22.8 Å². The molecular formula is C22H19ClF3N5O2. The Kier molecular flexibility index (Phi) is 6.11. The normalized spacial score (nSPS) is 13.5. The van der Waals surface area contributed by atoms with Gasteiger partial charge >= 0.3 is 6.18 Å². The molecule has 33 heavy (non-hydrogen) atoms. The molecule has 3 aromatic rings. The summed E-state index contributed by atoms with van der Waals surface area (Å²) in [5.41, 5.74) is 6.11. The number of nitrogens with one attached hydrogen (secondary N) is 1. The summed E-state index contributed by atoms with van der Waals surface area (Å²) in [6.07, 6.45) is -0.822. The Morgan fingerprint density at radius 3 is 2.64 bits per heavy atom. The number of fused-ring (bicyclic) bond motifs is 1. The minimum absolute atomic E-state index is 0.00693. The number of nitrogens with two attached hydrogens (primary N) is 1. The van der Waals surface area contributed by atoms with E-state index in [1.807, 2.05) is 0 Å². The zero-order chi connectivity index (χ0) is 23.8. The van der Waals surface area contributed by atoms with Crippen molar-refractivity contribution in [1.29, 1.82) is 0 Å². The molecular weight excluding hydrogens is 459 g/mol. The molecule has 1 aromatic carbocycles. The van der Waals surface area contributed by atoms with Crippen LogP contribution in [-0.2, 0) is 25.6 Å². The fraction of sp³-hybridized carbons (Fsp3) is 0.273. The molecule has 0 radical (unpaired) electrons. The van der Waals surface area contributed by atoms with Crippen LogP contribution in [0.3, 0.4) is 0 Å². The molecule has 0 saturated carbocycles. The topological polar surface area (TPSA) is 103 Å². The summed E-state index contributed by atoms with van der Waals surface area (Å²) < 4.78 is 41.6. The molecule has 7 nitrogen and oxygen atoms in total. The first kappa shape index (κ1) is 22.8. The van der Waals surface area contributed by atoms with Crippen LogP contribution in [0.25, 0.3) is 0 Å². The van der Waals surface area contributed by atoms with E-state index in [0.29, 0.717) is 30.7 Å². The summed E-state index contributed by atoms with van der Waals surface area (Å²) >= 11 is 5.89. The van der Waals surface area contributed by atoms with Gasteiger partial charge in [-0.25, -0.2) is 0 Å². The maximum absolute atomic E-state index is 13.4. The third kappa shape index (κ3) is 4.85. The van der Waals surface area contributed by atoms with Crippen molar-refractivity contribution in [3.05, 3.63) is 75.3 Å². The second-order valence-corrected chi connectivity index (χ2v) is 8.12. The van der Waals surface area contributed by atoms with Gasteiger partial charge in [-0.05, 0) is 56.0 Å². The van der Waals surface area contributed by atoms with E-state index in [1.54, 1.807) is 0 Å². The Morgan fingerprint density at radius 2 is 1.91 bits per heavy atom. The minimum atomic E-state index is -4.53. The third-order valence-electron chi connectivity index (χ3n) is 5.41. The number of amides is 2. The number of nitrogens with zero attached hydrogens (tertiary/aromatic N) is 3. The van der Waals surface area contributed by atoms with E-state index in [0.717, 1.165) is 6.42 Å². The van der Waals surface area contributed by atoms with Crippen LogP contribution in [0.15, 0.2) is 36.5 Å². The summed E-state index contributed by atoms with van der Waals surface area (Å²) in [6, 6.07) is 7.23. The van der Waals surface area contributed by atoms with Crippen molar-refractivity contribution in [2.75, 3.05) is 5.32 Å². The summed E-state index contributed by atoms with van der Waals surface area (Å²) in [5, 5.41) is 6.72. The number of pyridine rings is 1. The van der Waals surface area contributed by atoms with Crippen LogP contribution < -0.4 is 11.1 Å². The average Bonchev–Trinajstić information content (AvgIpc) is 3.14. The van der Waals surface area contributed by atoms with Crippen LogP contribution >= 0.6 is 11.6 Å². The molecule has 2 heterocycles. The number of hydrogen-bond acceptors (Lipinski definition) is 4. The van der Waals surface area contributed by atoms with Crippen molar-refractivity contribution in [1.82, 2.24) is 14.8 Å². The molecule has 4 rings (SSSR count). The molecule has 0 atom stereocenters. The molecule has 0 bridgehead atoms. The van der Waals surface area contributed by atoms with Crippen LogP contribution in [0.5, 0.6) is 0 Å². The van der Waals surface area contributed by atoms with Gasteiger partial charge in [0.05, 0.1) is 23.5 Å². The first-order chi connectivity index (χ1) is 15.6.